The van der Waals surface area contributed by atoms with Crippen molar-refractivity contribution in [2.24, 2.45) is 0 Å². The number of benzene rings is 2. The Morgan fingerprint density at radius 2 is 1.78 bits per heavy atom. The van der Waals surface area contributed by atoms with Gasteiger partial charge in [-0.15, -0.1) is 11.6 Å². The number of nitrogens with zero attached hydrogens (tertiary/aromatic N) is 1. The van der Waals surface area contributed by atoms with Gasteiger partial charge in [0.2, 0.25) is 5.91 Å². The molecule has 118 valence electrons. The predicted molar refractivity (Wildman–Crippen MR) is 87.9 cm³/mol. The number of rotatable bonds is 1. The first-order valence-corrected chi connectivity index (χ1v) is 7.70. The number of nitrogens with one attached hydrogen (secondary N) is 1. The quantitative estimate of drug-likeness (QED) is 0.790. The van der Waals surface area contributed by atoms with E-state index in [4.69, 9.17) is 11.6 Å². The number of para-hydroxylation sites is 2. The minimum Gasteiger partial charge on any atom is -0.388 e. The summed E-state index contributed by atoms with van der Waals surface area (Å²) in [7, 11) is 0. The van der Waals surface area contributed by atoms with Crippen LogP contribution in [0.4, 0.5) is 16.2 Å². The van der Waals surface area contributed by atoms with Crippen LogP contribution in [0.2, 0.25) is 0 Å². The van der Waals surface area contributed by atoms with Crippen LogP contribution < -0.4 is 10.2 Å². The van der Waals surface area contributed by atoms with Crippen molar-refractivity contribution in [2.45, 2.75) is 12.5 Å². The SMILES string of the molecule is O=C(CCl)NC(=O)N1c2ccccc2CC(O)c2ccccc21. The highest BCUT2D eigenvalue weighted by atomic mass is 35.5. The molecule has 1 aliphatic rings. The average molecular weight is 331 g/mol. The molecule has 2 aromatic rings. The van der Waals surface area contributed by atoms with Crippen molar-refractivity contribution in [3.05, 3.63) is 59.7 Å². The molecule has 5 nitrogen and oxygen atoms in total. The number of aliphatic hydroxyl groups excluding tert-OH is 1. The van der Waals surface area contributed by atoms with Crippen molar-refractivity contribution in [1.29, 1.82) is 0 Å². The number of carbonyl (C=O) groups excluding carboxylic acids is 2. The van der Waals surface area contributed by atoms with E-state index in [0.717, 1.165) is 5.56 Å². The average Bonchev–Trinajstić information content (AvgIpc) is 2.68. The topological polar surface area (TPSA) is 69.6 Å². The molecular formula is C17H15ClN2O3. The molecule has 1 aliphatic heterocycles. The van der Waals surface area contributed by atoms with Gasteiger partial charge in [0.15, 0.2) is 0 Å². The third-order valence-electron chi connectivity index (χ3n) is 3.75. The van der Waals surface area contributed by atoms with E-state index < -0.39 is 18.0 Å². The second-order valence-electron chi connectivity index (χ2n) is 5.23. The zero-order valence-corrected chi connectivity index (χ0v) is 13.0. The molecule has 1 atom stereocenters. The van der Waals surface area contributed by atoms with E-state index >= 15 is 0 Å². The fourth-order valence-electron chi connectivity index (χ4n) is 2.75. The van der Waals surface area contributed by atoms with E-state index in [0.29, 0.717) is 23.4 Å². The second-order valence-corrected chi connectivity index (χ2v) is 5.50. The molecule has 0 aliphatic carbocycles. The van der Waals surface area contributed by atoms with E-state index in [2.05, 4.69) is 5.32 Å². The number of hydrogen-bond donors (Lipinski definition) is 2. The maximum absolute atomic E-state index is 12.6. The lowest BCUT2D eigenvalue weighted by Crippen LogP contribution is -2.41. The van der Waals surface area contributed by atoms with Gasteiger partial charge in [-0.25, -0.2) is 4.79 Å². The van der Waals surface area contributed by atoms with Gasteiger partial charge >= 0.3 is 6.03 Å². The van der Waals surface area contributed by atoms with E-state index in [9.17, 15) is 14.7 Å². The number of aliphatic hydroxyl groups is 1. The molecular weight excluding hydrogens is 316 g/mol. The molecule has 3 amide bonds. The summed E-state index contributed by atoms with van der Waals surface area (Å²) in [5.41, 5.74) is 2.64. The lowest BCUT2D eigenvalue weighted by atomic mass is 10.0. The van der Waals surface area contributed by atoms with Crippen LogP contribution in [-0.4, -0.2) is 22.9 Å². The van der Waals surface area contributed by atoms with Gasteiger partial charge in [-0.1, -0.05) is 36.4 Å². The Hall–Kier alpha value is -2.37. The number of imide groups is 1. The molecule has 0 saturated carbocycles. The van der Waals surface area contributed by atoms with Crippen molar-refractivity contribution in [2.75, 3.05) is 10.8 Å². The van der Waals surface area contributed by atoms with Crippen LogP contribution in [-0.2, 0) is 11.2 Å². The third-order valence-corrected chi connectivity index (χ3v) is 4.00. The van der Waals surface area contributed by atoms with Crippen LogP contribution in [0.5, 0.6) is 0 Å². The Morgan fingerprint density at radius 1 is 1.13 bits per heavy atom. The molecule has 0 radical (unpaired) electrons. The predicted octanol–water partition coefficient (Wildman–Crippen LogP) is 2.89. The lowest BCUT2D eigenvalue weighted by molar-refractivity contribution is -0.117. The normalized spacial score (nSPS) is 16.1. The Morgan fingerprint density at radius 3 is 2.52 bits per heavy atom. The summed E-state index contributed by atoms with van der Waals surface area (Å²) in [5.74, 6) is -0.873. The number of carbonyl (C=O) groups is 2. The summed E-state index contributed by atoms with van der Waals surface area (Å²) >= 11 is 5.47. The number of halogens is 1. The number of amides is 3. The van der Waals surface area contributed by atoms with E-state index in [1.54, 1.807) is 30.3 Å². The standard InChI is InChI=1S/C17H15ClN2O3/c18-10-16(22)19-17(23)20-13-7-3-1-5-11(13)9-15(21)12-6-2-4-8-14(12)20/h1-8,15,21H,9-10H2,(H,19,22,23). The molecule has 0 saturated heterocycles. The van der Waals surface area contributed by atoms with Crippen molar-refractivity contribution in [3.8, 4) is 0 Å². The van der Waals surface area contributed by atoms with Crippen molar-refractivity contribution < 1.29 is 14.7 Å². The van der Waals surface area contributed by atoms with Gasteiger partial charge in [0.1, 0.15) is 5.88 Å². The van der Waals surface area contributed by atoms with Crippen molar-refractivity contribution >= 4 is 34.9 Å². The fourth-order valence-corrected chi connectivity index (χ4v) is 2.82. The number of fused-ring (bicyclic) bond motifs is 2. The van der Waals surface area contributed by atoms with Crippen LogP contribution in [0.1, 0.15) is 17.2 Å². The molecule has 0 fully saturated rings. The molecule has 1 heterocycles. The highest BCUT2D eigenvalue weighted by molar-refractivity contribution is 6.29. The molecule has 0 bridgehead atoms. The molecule has 0 aromatic heterocycles. The van der Waals surface area contributed by atoms with Gasteiger partial charge in [-0.05, 0) is 17.7 Å². The van der Waals surface area contributed by atoms with Crippen molar-refractivity contribution in [3.63, 3.8) is 0 Å². The smallest absolute Gasteiger partial charge is 0.333 e. The minimum absolute atomic E-state index is 0.300. The van der Waals surface area contributed by atoms with Gasteiger partial charge in [0.05, 0.1) is 17.5 Å². The Bertz CT molecular complexity index is 763. The number of anilines is 2. The fraction of sp³-hybridized carbons (Fsp3) is 0.176. The first-order chi connectivity index (χ1) is 11.1. The summed E-state index contributed by atoms with van der Waals surface area (Å²) in [6, 6.07) is 13.8. The van der Waals surface area contributed by atoms with Gasteiger partial charge in [-0.3, -0.25) is 15.0 Å². The number of hydrogen-bond acceptors (Lipinski definition) is 3. The number of urea groups is 1. The maximum atomic E-state index is 12.6. The first kappa shape index (κ1) is 15.5. The first-order valence-electron chi connectivity index (χ1n) is 7.16. The summed E-state index contributed by atoms with van der Waals surface area (Å²) in [6.45, 7) is 0. The summed E-state index contributed by atoms with van der Waals surface area (Å²) in [4.78, 5) is 25.5. The highest BCUT2D eigenvalue weighted by Crippen LogP contribution is 2.39. The highest BCUT2D eigenvalue weighted by Gasteiger charge is 2.29. The summed E-state index contributed by atoms with van der Waals surface area (Å²) in [5, 5.41) is 12.7. The van der Waals surface area contributed by atoms with Crippen LogP contribution in [0.3, 0.4) is 0 Å². The Kier molecular flexibility index (Phi) is 4.32. The number of alkyl halides is 1. The maximum Gasteiger partial charge on any atom is 0.333 e. The largest absolute Gasteiger partial charge is 0.388 e. The van der Waals surface area contributed by atoms with Crippen LogP contribution in [0, 0.1) is 0 Å². The van der Waals surface area contributed by atoms with Gasteiger partial charge in [-0.2, -0.15) is 0 Å². The minimum atomic E-state index is -0.728. The summed E-state index contributed by atoms with van der Waals surface area (Å²) < 4.78 is 0. The van der Waals surface area contributed by atoms with Gasteiger partial charge < -0.3 is 5.11 Å². The molecule has 2 N–H and O–H groups in total. The third kappa shape index (κ3) is 2.93. The molecule has 1 unspecified atom stereocenters. The van der Waals surface area contributed by atoms with E-state index in [1.165, 1.54) is 4.90 Å². The van der Waals surface area contributed by atoms with Gasteiger partial charge in [0.25, 0.3) is 0 Å². The van der Waals surface area contributed by atoms with Crippen LogP contribution >= 0.6 is 11.6 Å². The van der Waals surface area contributed by atoms with Crippen LogP contribution in [0.25, 0.3) is 0 Å². The lowest BCUT2D eigenvalue weighted by Gasteiger charge is -2.24. The molecule has 0 spiro atoms. The molecule has 23 heavy (non-hydrogen) atoms. The Balaban J connectivity index is 2.14. The monoisotopic (exact) mass is 330 g/mol. The zero-order valence-electron chi connectivity index (χ0n) is 12.2. The zero-order chi connectivity index (χ0) is 16.4. The van der Waals surface area contributed by atoms with Gasteiger partial charge in [0, 0.05) is 12.0 Å². The molecule has 2 aromatic carbocycles. The van der Waals surface area contributed by atoms with Crippen molar-refractivity contribution in [1.82, 2.24) is 5.32 Å². The molecule has 6 heteroatoms. The molecule has 3 rings (SSSR count). The Labute approximate surface area is 138 Å². The van der Waals surface area contributed by atoms with E-state index in [-0.39, 0.29) is 5.88 Å². The summed E-state index contributed by atoms with van der Waals surface area (Å²) in [6.07, 6.45) is -0.339. The van der Waals surface area contributed by atoms with Crippen LogP contribution in [0.15, 0.2) is 48.5 Å². The second kappa shape index (κ2) is 6.40. The van der Waals surface area contributed by atoms with E-state index in [1.807, 2.05) is 18.2 Å².